The van der Waals surface area contributed by atoms with Crippen LogP contribution in [0.5, 0.6) is 0 Å². The van der Waals surface area contributed by atoms with Crippen LogP contribution in [0, 0.1) is 5.41 Å². The van der Waals surface area contributed by atoms with Gasteiger partial charge < -0.3 is 15.2 Å². The molecule has 2 rings (SSSR count). The molecule has 2 fully saturated rings. The maximum atomic E-state index is 12.1. The second-order valence-corrected chi connectivity index (χ2v) is 6.21. The van der Waals surface area contributed by atoms with E-state index in [1.54, 1.807) is 0 Å². The van der Waals surface area contributed by atoms with E-state index in [-0.39, 0.29) is 11.9 Å². The lowest BCUT2D eigenvalue weighted by Crippen LogP contribution is -2.51. The molecule has 1 atom stereocenters. The molecule has 0 radical (unpaired) electrons. The number of likely N-dealkylation sites (tertiary alicyclic amines) is 1. The summed E-state index contributed by atoms with van der Waals surface area (Å²) in [6, 6.07) is 0.200. The van der Waals surface area contributed by atoms with Gasteiger partial charge >= 0.3 is 5.97 Å². The first kappa shape index (κ1) is 16.2. The number of carboxylic acids is 1. The summed E-state index contributed by atoms with van der Waals surface area (Å²) < 4.78 is 5.27. The summed E-state index contributed by atoms with van der Waals surface area (Å²) in [6.07, 6.45) is 3.88. The van der Waals surface area contributed by atoms with Crippen LogP contribution in [0.4, 0.5) is 0 Å². The molecule has 2 saturated heterocycles. The zero-order chi connectivity index (χ0) is 15.3. The Morgan fingerprint density at radius 1 is 1.38 bits per heavy atom. The Labute approximate surface area is 125 Å². The zero-order valence-corrected chi connectivity index (χ0v) is 12.8. The van der Waals surface area contributed by atoms with Crippen molar-refractivity contribution in [3.8, 4) is 0 Å². The molecule has 120 valence electrons. The summed E-state index contributed by atoms with van der Waals surface area (Å²) in [4.78, 5) is 25.6. The maximum Gasteiger partial charge on any atom is 0.310 e. The topological polar surface area (TPSA) is 78.9 Å². The normalized spacial score (nSPS) is 28.2. The average molecular weight is 298 g/mol. The molecule has 1 unspecified atom stereocenters. The van der Waals surface area contributed by atoms with E-state index < -0.39 is 11.4 Å². The predicted octanol–water partition coefficient (Wildman–Crippen LogP) is 0.858. The summed E-state index contributed by atoms with van der Waals surface area (Å²) in [5, 5.41) is 12.5. The van der Waals surface area contributed by atoms with Gasteiger partial charge in [0.2, 0.25) is 5.91 Å². The number of carboxylic acid groups (broad SMARTS) is 1. The monoisotopic (exact) mass is 298 g/mol. The summed E-state index contributed by atoms with van der Waals surface area (Å²) in [5.41, 5.74) is -0.683. The van der Waals surface area contributed by atoms with Gasteiger partial charge in [-0.15, -0.1) is 0 Å². The highest BCUT2D eigenvalue weighted by Crippen LogP contribution is 2.33. The number of carbonyl (C=O) groups is 2. The molecule has 2 aliphatic rings. The third-order valence-electron chi connectivity index (χ3n) is 4.74. The molecule has 0 aromatic carbocycles. The Bertz CT molecular complexity index is 382. The molecule has 0 spiro atoms. The molecule has 21 heavy (non-hydrogen) atoms. The molecule has 2 aliphatic heterocycles. The number of nitrogens with one attached hydrogen (secondary N) is 1. The van der Waals surface area contributed by atoms with E-state index in [1.807, 2.05) is 11.8 Å². The van der Waals surface area contributed by atoms with E-state index in [1.165, 1.54) is 0 Å². The van der Waals surface area contributed by atoms with Crippen molar-refractivity contribution in [2.24, 2.45) is 5.41 Å². The summed E-state index contributed by atoms with van der Waals surface area (Å²) in [5.74, 6) is -0.737. The van der Waals surface area contributed by atoms with Gasteiger partial charge in [0.15, 0.2) is 0 Å². The molecule has 2 N–H and O–H groups in total. The van der Waals surface area contributed by atoms with E-state index in [4.69, 9.17) is 4.74 Å². The molecule has 1 amide bonds. The predicted molar refractivity (Wildman–Crippen MR) is 78.0 cm³/mol. The van der Waals surface area contributed by atoms with E-state index in [9.17, 15) is 14.7 Å². The third kappa shape index (κ3) is 4.17. The number of nitrogens with zero attached hydrogens (tertiary/aromatic N) is 1. The third-order valence-corrected chi connectivity index (χ3v) is 4.74. The van der Waals surface area contributed by atoms with Crippen LogP contribution in [-0.4, -0.2) is 60.8 Å². The zero-order valence-electron chi connectivity index (χ0n) is 12.8. The summed E-state index contributed by atoms with van der Waals surface area (Å²) in [7, 11) is 0. The summed E-state index contributed by atoms with van der Waals surface area (Å²) >= 11 is 0. The maximum absolute atomic E-state index is 12.1. The Morgan fingerprint density at radius 2 is 2.10 bits per heavy atom. The number of rotatable bonds is 5. The molecule has 6 nitrogen and oxygen atoms in total. The van der Waals surface area contributed by atoms with Crippen molar-refractivity contribution in [1.29, 1.82) is 0 Å². The molecule has 0 saturated carbocycles. The van der Waals surface area contributed by atoms with Gasteiger partial charge in [-0.1, -0.05) is 6.92 Å². The van der Waals surface area contributed by atoms with Crippen molar-refractivity contribution in [3.05, 3.63) is 0 Å². The molecule has 0 bridgehead atoms. The quantitative estimate of drug-likeness (QED) is 0.787. The van der Waals surface area contributed by atoms with E-state index in [2.05, 4.69) is 5.32 Å². The van der Waals surface area contributed by atoms with Crippen molar-refractivity contribution >= 4 is 11.9 Å². The fourth-order valence-electron chi connectivity index (χ4n) is 3.29. The van der Waals surface area contributed by atoms with Crippen LogP contribution in [0.15, 0.2) is 0 Å². The fraction of sp³-hybridized carbons (Fsp3) is 0.867. The second kappa shape index (κ2) is 7.22. The minimum atomic E-state index is -0.737. The first-order chi connectivity index (χ1) is 10.1. The van der Waals surface area contributed by atoms with Gasteiger partial charge in [-0.3, -0.25) is 14.5 Å². The van der Waals surface area contributed by atoms with Crippen LogP contribution in [0.2, 0.25) is 0 Å². The van der Waals surface area contributed by atoms with Crippen molar-refractivity contribution in [2.75, 3.05) is 32.8 Å². The molecule has 0 aromatic heterocycles. The van der Waals surface area contributed by atoms with Crippen LogP contribution < -0.4 is 5.32 Å². The van der Waals surface area contributed by atoms with Crippen molar-refractivity contribution in [1.82, 2.24) is 10.2 Å². The van der Waals surface area contributed by atoms with Crippen LogP contribution in [0.1, 0.15) is 39.0 Å². The molecule has 6 heteroatoms. The average Bonchev–Trinajstić information content (AvgIpc) is 2.48. The number of amides is 1. The van der Waals surface area contributed by atoms with Gasteiger partial charge in [0, 0.05) is 25.8 Å². The van der Waals surface area contributed by atoms with Crippen LogP contribution in [0.25, 0.3) is 0 Å². The van der Waals surface area contributed by atoms with Gasteiger partial charge in [0.25, 0.3) is 0 Å². The van der Waals surface area contributed by atoms with Crippen molar-refractivity contribution < 1.29 is 19.4 Å². The number of ether oxygens (including phenoxy) is 1. The SMILES string of the molecule is CCC1(C(=O)O)CCCN(CC(=O)NC2CCOCC2)C1. The highest BCUT2D eigenvalue weighted by atomic mass is 16.5. The molecular weight excluding hydrogens is 272 g/mol. The van der Waals surface area contributed by atoms with Crippen LogP contribution in [-0.2, 0) is 14.3 Å². The Balaban J connectivity index is 1.84. The second-order valence-electron chi connectivity index (χ2n) is 6.21. The van der Waals surface area contributed by atoms with Gasteiger partial charge in [-0.2, -0.15) is 0 Å². The van der Waals surface area contributed by atoms with Crippen LogP contribution in [0.3, 0.4) is 0 Å². The van der Waals surface area contributed by atoms with Gasteiger partial charge in [0.05, 0.1) is 12.0 Å². The number of hydrogen-bond acceptors (Lipinski definition) is 4. The fourth-order valence-corrected chi connectivity index (χ4v) is 3.29. The largest absolute Gasteiger partial charge is 0.481 e. The minimum absolute atomic E-state index is 0.000748. The minimum Gasteiger partial charge on any atom is -0.481 e. The lowest BCUT2D eigenvalue weighted by Gasteiger charge is -2.39. The van der Waals surface area contributed by atoms with E-state index in [0.717, 1.165) is 25.8 Å². The lowest BCUT2D eigenvalue weighted by molar-refractivity contribution is -0.153. The van der Waals surface area contributed by atoms with E-state index >= 15 is 0 Å². The standard InChI is InChI=1S/C15H26N2O4/c1-2-15(14(19)20)6-3-7-17(11-15)10-13(18)16-12-4-8-21-9-5-12/h12H,2-11H2,1H3,(H,16,18)(H,19,20). The van der Waals surface area contributed by atoms with Gasteiger partial charge in [-0.25, -0.2) is 0 Å². The first-order valence-electron chi connectivity index (χ1n) is 7.88. The first-order valence-corrected chi connectivity index (χ1v) is 7.88. The highest BCUT2D eigenvalue weighted by molar-refractivity contribution is 5.79. The number of piperidine rings is 1. The lowest BCUT2D eigenvalue weighted by atomic mass is 9.77. The molecule has 2 heterocycles. The smallest absolute Gasteiger partial charge is 0.310 e. The van der Waals surface area contributed by atoms with Gasteiger partial charge in [0.1, 0.15) is 0 Å². The highest BCUT2D eigenvalue weighted by Gasteiger charge is 2.41. The Hall–Kier alpha value is -1.14. The molecular formula is C15H26N2O4. The van der Waals surface area contributed by atoms with Crippen molar-refractivity contribution in [3.63, 3.8) is 0 Å². The van der Waals surface area contributed by atoms with Crippen molar-refractivity contribution in [2.45, 2.75) is 45.1 Å². The Morgan fingerprint density at radius 3 is 2.71 bits per heavy atom. The van der Waals surface area contributed by atoms with Gasteiger partial charge in [-0.05, 0) is 38.6 Å². The molecule has 0 aromatic rings. The summed E-state index contributed by atoms with van der Waals surface area (Å²) in [6.45, 7) is 4.89. The van der Waals surface area contributed by atoms with E-state index in [0.29, 0.717) is 39.1 Å². The number of aliphatic carboxylic acids is 1. The van der Waals surface area contributed by atoms with Crippen LogP contribution >= 0.6 is 0 Å². The number of hydrogen-bond donors (Lipinski definition) is 2. The number of carbonyl (C=O) groups excluding carboxylic acids is 1. The Kier molecular flexibility index (Phi) is 5.58. The molecule has 0 aliphatic carbocycles.